The topological polar surface area (TPSA) is 80.0 Å². The quantitative estimate of drug-likeness (QED) is 0.810. The Balaban J connectivity index is 2.01. The average Bonchev–Trinajstić information content (AvgIpc) is 2.92. The van der Waals surface area contributed by atoms with E-state index < -0.39 is 0 Å². The number of nitrogens with zero attached hydrogens (tertiary/aromatic N) is 1. The minimum absolute atomic E-state index is 0.226. The van der Waals surface area contributed by atoms with Crippen molar-refractivity contribution in [3.63, 3.8) is 0 Å². The standard InChI is InChI=1S/C10H11ClN4OS2/c1-13-10-15-8(12)7(18-10)9(16)14-4-5-2-3-6(11)17-5/h2-3H,4,12H2,1H3,(H,13,15)(H,14,16). The number of rotatable bonds is 4. The van der Waals surface area contributed by atoms with Crippen LogP contribution in [0.25, 0.3) is 0 Å². The molecule has 5 nitrogen and oxygen atoms in total. The fourth-order valence-corrected chi connectivity index (χ4v) is 3.08. The van der Waals surface area contributed by atoms with Crippen molar-refractivity contribution >= 4 is 51.1 Å². The molecule has 0 aliphatic heterocycles. The summed E-state index contributed by atoms with van der Waals surface area (Å²) in [6, 6.07) is 3.68. The van der Waals surface area contributed by atoms with Gasteiger partial charge in [0, 0.05) is 11.9 Å². The van der Waals surface area contributed by atoms with Crippen LogP contribution in [0.3, 0.4) is 0 Å². The third-order valence-corrected chi connectivity index (χ3v) is 4.44. The molecule has 0 spiro atoms. The van der Waals surface area contributed by atoms with Crippen molar-refractivity contribution in [3.05, 3.63) is 26.2 Å². The Morgan fingerprint density at radius 3 is 2.83 bits per heavy atom. The number of carbonyl (C=O) groups excluding carboxylic acids is 1. The fraction of sp³-hybridized carbons (Fsp3) is 0.200. The molecule has 1 amide bonds. The number of thiophene rings is 1. The van der Waals surface area contributed by atoms with Gasteiger partial charge in [0.2, 0.25) is 0 Å². The second-order valence-corrected chi connectivity index (χ2v) is 6.17. The van der Waals surface area contributed by atoms with Crippen LogP contribution in [0.5, 0.6) is 0 Å². The van der Waals surface area contributed by atoms with Crippen molar-refractivity contribution in [3.8, 4) is 0 Å². The molecule has 2 aromatic heterocycles. The predicted molar refractivity (Wildman–Crippen MR) is 76.6 cm³/mol. The van der Waals surface area contributed by atoms with Gasteiger partial charge in [-0.25, -0.2) is 4.98 Å². The number of carbonyl (C=O) groups is 1. The van der Waals surface area contributed by atoms with Crippen molar-refractivity contribution in [2.24, 2.45) is 0 Å². The normalized spacial score (nSPS) is 10.3. The van der Waals surface area contributed by atoms with E-state index in [-0.39, 0.29) is 11.7 Å². The Morgan fingerprint density at radius 2 is 2.28 bits per heavy atom. The van der Waals surface area contributed by atoms with Gasteiger partial charge in [-0.1, -0.05) is 22.9 Å². The lowest BCUT2D eigenvalue weighted by Crippen LogP contribution is -2.22. The van der Waals surface area contributed by atoms with Crippen molar-refractivity contribution < 1.29 is 4.79 Å². The molecule has 0 aliphatic rings. The van der Waals surface area contributed by atoms with Crippen LogP contribution in [0.15, 0.2) is 12.1 Å². The molecule has 4 N–H and O–H groups in total. The van der Waals surface area contributed by atoms with Gasteiger partial charge in [0.15, 0.2) is 5.13 Å². The Hall–Kier alpha value is -1.31. The van der Waals surface area contributed by atoms with Crippen molar-refractivity contribution in [2.75, 3.05) is 18.1 Å². The summed E-state index contributed by atoms with van der Waals surface area (Å²) in [5.74, 6) is 0.0158. The van der Waals surface area contributed by atoms with E-state index in [9.17, 15) is 4.79 Å². The maximum Gasteiger partial charge on any atom is 0.265 e. The Bertz CT molecular complexity index is 566. The van der Waals surface area contributed by atoms with Gasteiger partial charge >= 0.3 is 0 Å². The van der Waals surface area contributed by atoms with Gasteiger partial charge in [-0.15, -0.1) is 11.3 Å². The minimum atomic E-state index is -0.226. The molecule has 8 heteroatoms. The SMILES string of the molecule is CNc1nc(N)c(C(=O)NCc2ccc(Cl)s2)s1. The fourth-order valence-electron chi connectivity index (χ4n) is 1.30. The lowest BCUT2D eigenvalue weighted by molar-refractivity contribution is 0.0956. The summed E-state index contributed by atoms with van der Waals surface area (Å²) >= 11 is 8.47. The largest absolute Gasteiger partial charge is 0.382 e. The van der Waals surface area contributed by atoms with Crippen LogP contribution in [-0.2, 0) is 6.54 Å². The molecule has 0 fully saturated rings. The highest BCUT2D eigenvalue weighted by Crippen LogP contribution is 2.25. The molecule has 2 aromatic rings. The molecule has 0 aromatic carbocycles. The van der Waals surface area contributed by atoms with E-state index in [0.717, 1.165) is 4.88 Å². The first kappa shape index (κ1) is 13.1. The van der Waals surface area contributed by atoms with E-state index in [0.29, 0.717) is 20.9 Å². The molecule has 18 heavy (non-hydrogen) atoms. The number of nitrogen functional groups attached to an aromatic ring is 1. The van der Waals surface area contributed by atoms with Crippen molar-refractivity contribution in [1.29, 1.82) is 0 Å². The summed E-state index contributed by atoms with van der Waals surface area (Å²) in [6.45, 7) is 0.433. The van der Waals surface area contributed by atoms with Gasteiger partial charge in [0.25, 0.3) is 5.91 Å². The highest BCUT2D eigenvalue weighted by atomic mass is 35.5. The van der Waals surface area contributed by atoms with E-state index in [1.165, 1.54) is 22.7 Å². The average molecular weight is 303 g/mol. The second kappa shape index (κ2) is 5.55. The number of hydrogen-bond acceptors (Lipinski definition) is 6. The van der Waals surface area contributed by atoms with Crippen molar-refractivity contribution in [2.45, 2.75) is 6.54 Å². The first-order valence-corrected chi connectivity index (χ1v) is 7.07. The Morgan fingerprint density at radius 1 is 1.50 bits per heavy atom. The van der Waals surface area contributed by atoms with Gasteiger partial charge in [0.05, 0.1) is 10.9 Å². The van der Waals surface area contributed by atoms with Gasteiger partial charge in [-0.2, -0.15) is 0 Å². The molecule has 0 atom stereocenters. The number of hydrogen-bond donors (Lipinski definition) is 3. The zero-order valence-electron chi connectivity index (χ0n) is 9.49. The number of thiazole rings is 1. The van der Waals surface area contributed by atoms with E-state index in [4.69, 9.17) is 17.3 Å². The van der Waals surface area contributed by atoms with Crippen LogP contribution < -0.4 is 16.4 Å². The van der Waals surface area contributed by atoms with Crippen LogP contribution in [0, 0.1) is 0 Å². The first-order valence-electron chi connectivity index (χ1n) is 5.06. The smallest absolute Gasteiger partial charge is 0.265 e. The lowest BCUT2D eigenvalue weighted by atomic mass is 10.4. The zero-order chi connectivity index (χ0) is 13.1. The predicted octanol–water partition coefficient (Wildman–Crippen LogP) is 2.41. The highest BCUT2D eigenvalue weighted by molar-refractivity contribution is 7.18. The van der Waals surface area contributed by atoms with E-state index in [1.54, 1.807) is 13.1 Å². The maximum absolute atomic E-state index is 11.9. The third kappa shape index (κ3) is 2.92. The number of nitrogens with two attached hydrogens (primary N) is 1. The Kier molecular flexibility index (Phi) is 4.05. The molecule has 0 radical (unpaired) electrons. The van der Waals surface area contributed by atoms with Gasteiger partial charge in [-0.05, 0) is 12.1 Å². The molecule has 96 valence electrons. The monoisotopic (exact) mass is 302 g/mol. The molecular weight excluding hydrogens is 292 g/mol. The molecule has 2 heterocycles. The summed E-state index contributed by atoms with van der Waals surface area (Å²) < 4.78 is 0.703. The van der Waals surface area contributed by atoms with Gasteiger partial charge in [0.1, 0.15) is 10.7 Å². The number of anilines is 2. The molecule has 0 bridgehead atoms. The van der Waals surface area contributed by atoms with E-state index >= 15 is 0 Å². The van der Waals surface area contributed by atoms with Gasteiger partial charge < -0.3 is 16.4 Å². The summed E-state index contributed by atoms with van der Waals surface area (Å²) in [6.07, 6.45) is 0. The number of aromatic nitrogens is 1. The summed E-state index contributed by atoms with van der Waals surface area (Å²) in [5.41, 5.74) is 5.67. The van der Waals surface area contributed by atoms with Crippen LogP contribution in [0.1, 0.15) is 14.5 Å². The maximum atomic E-state index is 11.9. The summed E-state index contributed by atoms with van der Waals surface area (Å²) in [5, 5.41) is 6.26. The van der Waals surface area contributed by atoms with E-state index in [2.05, 4.69) is 15.6 Å². The molecule has 0 saturated heterocycles. The van der Waals surface area contributed by atoms with Crippen LogP contribution in [0.4, 0.5) is 10.9 Å². The van der Waals surface area contributed by atoms with Crippen molar-refractivity contribution in [1.82, 2.24) is 10.3 Å². The summed E-state index contributed by atoms with van der Waals surface area (Å²) in [4.78, 5) is 17.3. The first-order chi connectivity index (χ1) is 8.60. The zero-order valence-corrected chi connectivity index (χ0v) is 11.9. The van der Waals surface area contributed by atoms with Crippen LogP contribution >= 0.6 is 34.3 Å². The number of nitrogens with one attached hydrogen (secondary N) is 2. The third-order valence-electron chi connectivity index (χ3n) is 2.13. The minimum Gasteiger partial charge on any atom is -0.382 e. The molecule has 0 aliphatic carbocycles. The van der Waals surface area contributed by atoms with Gasteiger partial charge in [-0.3, -0.25) is 4.79 Å². The van der Waals surface area contributed by atoms with Crippen LogP contribution in [-0.4, -0.2) is 17.9 Å². The summed E-state index contributed by atoms with van der Waals surface area (Å²) in [7, 11) is 1.73. The second-order valence-electron chi connectivity index (χ2n) is 3.37. The number of halogens is 1. The highest BCUT2D eigenvalue weighted by Gasteiger charge is 2.15. The van der Waals surface area contributed by atoms with Crippen LogP contribution in [0.2, 0.25) is 4.34 Å². The number of amides is 1. The molecule has 2 rings (SSSR count). The lowest BCUT2D eigenvalue weighted by Gasteiger charge is -2.01. The van der Waals surface area contributed by atoms with E-state index in [1.807, 2.05) is 6.07 Å². The molecule has 0 unspecified atom stereocenters. The molecule has 0 saturated carbocycles. The Labute approximate surface area is 117 Å². The molecular formula is C10H11ClN4OS2.